The minimum Gasteiger partial charge on any atom is -0.342 e. The molecule has 30 heavy (non-hydrogen) atoms. The van der Waals surface area contributed by atoms with Gasteiger partial charge in [0.2, 0.25) is 11.8 Å². The minimum absolute atomic E-state index is 0.0947. The van der Waals surface area contributed by atoms with E-state index < -0.39 is 0 Å². The van der Waals surface area contributed by atoms with Crippen LogP contribution in [0.15, 0.2) is 54.6 Å². The first-order chi connectivity index (χ1) is 14.7. The molecular formula is C26H32N2O2. The third-order valence-corrected chi connectivity index (χ3v) is 6.53. The predicted molar refractivity (Wildman–Crippen MR) is 120 cm³/mol. The Kier molecular flexibility index (Phi) is 6.83. The smallest absolute Gasteiger partial charge is 0.226 e. The Morgan fingerprint density at radius 3 is 1.93 bits per heavy atom. The van der Waals surface area contributed by atoms with Crippen LogP contribution in [-0.2, 0) is 16.0 Å². The standard InChI is InChI=1S/C26H32N2O2/c29-25(20-21-10-12-23(13-11-21)22-8-4-3-5-9-22)27-18-14-24(15-19-27)26(30)28-16-6-1-2-7-17-28/h3-5,8-13,24H,1-2,6-7,14-20H2. The maximum Gasteiger partial charge on any atom is 0.226 e. The molecule has 0 N–H and O–H groups in total. The summed E-state index contributed by atoms with van der Waals surface area (Å²) in [5, 5.41) is 0. The summed E-state index contributed by atoms with van der Waals surface area (Å²) in [4.78, 5) is 29.6. The second-order valence-electron chi connectivity index (χ2n) is 8.63. The van der Waals surface area contributed by atoms with Crippen LogP contribution in [0.4, 0.5) is 0 Å². The molecule has 0 aliphatic carbocycles. The highest BCUT2D eigenvalue weighted by Crippen LogP contribution is 2.23. The van der Waals surface area contributed by atoms with Crippen molar-refractivity contribution in [1.82, 2.24) is 9.80 Å². The Hall–Kier alpha value is -2.62. The van der Waals surface area contributed by atoms with Crippen molar-refractivity contribution in [3.8, 4) is 11.1 Å². The molecule has 4 nitrogen and oxygen atoms in total. The Labute approximate surface area is 179 Å². The van der Waals surface area contributed by atoms with Gasteiger partial charge in [0, 0.05) is 32.1 Å². The fraction of sp³-hybridized carbons (Fsp3) is 0.462. The van der Waals surface area contributed by atoms with Crippen LogP contribution in [0, 0.1) is 5.92 Å². The van der Waals surface area contributed by atoms with Crippen molar-refractivity contribution in [2.24, 2.45) is 5.92 Å². The largest absolute Gasteiger partial charge is 0.342 e. The zero-order valence-corrected chi connectivity index (χ0v) is 17.8. The molecule has 2 aliphatic rings. The summed E-state index contributed by atoms with van der Waals surface area (Å²) in [7, 11) is 0. The second kappa shape index (κ2) is 9.92. The fourth-order valence-electron chi connectivity index (χ4n) is 4.66. The Morgan fingerprint density at radius 2 is 1.30 bits per heavy atom. The number of piperidine rings is 1. The molecule has 0 bridgehead atoms. The predicted octanol–water partition coefficient (Wildman–Crippen LogP) is 4.54. The first-order valence-electron chi connectivity index (χ1n) is 11.4. The number of nitrogens with zero attached hydrogens (tertiary/aromatic N) is 2. The molecule has 4 heteroatoms. The van der Waals surface area contributed by atoms with Crippen LogP contribution < -0.4 is 0 Å². The lowest BCUT2D eigenvalue weighted by Crippen LogP contribution is -2.45. The first kappa shape index (κ1) is 20.6. The van der Waals surface area contributed by atoms with Gasteiger partial charge < -0.3 is 9.80 Å². The summed E-state index contributed by atoms with van der Waals surface area (Å²) in [5.74, 6) is 0.584. The molecule has 4 rings (SSSR count). The van der Waals surface area contributed by atoms with Gasteiger partial charge in [-0.3, -0.25) is 9.59 Å². The topological polar surface area (TPSA) is 40.6 Å². The van der Waals surface area contributed by atoms with Gasteiger partial charge in [-0.15, -0.1) is 0 Å². The summed E-state index contributed by atoms with van der Waals surface area (Å²) in [6, 6.07) is 18.6. The zero-order valence-electron chi connectivity index (χ0n) is 17.8. The summed E-state index contributed by atoms with van der Waals surface area (Å²) in [5.41, 5.74) is 3.40. The van der Waals surface area contributed by atoms with Crippen molar-refractivity contribution in [3.05, 3.63) is 60.2 Å². The van der Waals surface area contributed by atoms with Crippen LogP contribution >= 0.6 is 0 Å². The van der Waals surface area contributed by atoms with Gasteiger partial charge in [-0.05, 0) is 42.4 Å². The van der Waals surface area contributed by atoms with E-state index in [-0.39, 0.29) is 11.8 Å². The number of likely N-dealkylation sites (tertiary alicyclic amines) is 2. The quantitative estimate of drug-likeness (QED) is 0.751. The summed E-state index contributed by atoms with van der Waals surface area (Å²) in [6.07, 6.45) is 6.77. The van der Waals surface area contributed by atoms with E-state index in [9.17, 15) is 9.59 Å². The second-order valence-corrected chi connectivity index (χ2v) is 8.63. The average Bonchev–Trinajstić information content (AvgIpc) is 3.09. The lowest BCUT2D eigenvalue weighted by atomic mass is 9.94. The van der Waals surface area contributed by atoms with E-state index in [4.69, 9.17) is 0 Å². The molecule has 2 fully saturated rings. The lowest BCUT2D eigenvalue weighted by molar-refractivity contribution is -0.140. The van der Waals surface area contributed by atoms with Gasteiger partial charge in [0.15, 0.2) is 0 Å². The van der Waals surface area contributed by atoms with E-state index in [1.165, 1.54) is 24.0 Å². The Morgan fingerprint density at radius 1 is 0.700 bits per heavy atom. The number of carbonyl (C=O) groups excluding carboxylic acids is 2. The number of benzene rings is 2. The number of amides is 2. The lowest BCUT2D eigenvalue weighted by Gasteiger charge is -2.34. The summed E-state index contributed by atoms with van der Waals surface area (Å²) < 4.78 is 0. The van der Waals surface area contributed by atoms with Gasteiger partial charge in [0.05, 0.1) is 6.42 Å². The maximum absolute atomic E-state index is 12.8. The number of hydrogen-bond acceptors (Lipinski definition) is 2. The molecule has 2 aliphatic heterocycles. The number of rotatable bonds is 4. The molecule has 0 saturated carbocycles. The van der Waals surface area contributed by atoms with E-state index in [1.807, 2.05) is 23.1 Å². The molecule has 0 unspecified atom stereocenters. The Bertz CT molecular complexity index is 831. The maximum atomic E-state index is 12.8. The molecule has 2 aromatic carbocycles. The van der Waals surface area contributed by atoms with Crippen LogP contribution in [0.2, 0.25) is 0 Å². The third-order valence-electron chi connectivity index (χ3n) is 6.53. The molecule has 158 valence electrons. The van der Waals surface area contributed by atoms with Crippen molar-refractivity contribution in [2.75, 3.05) is 26.2 Å². The van der Waals surface area contributed by atoms with Gasteiger partial charge in [0.25, 0.3) is 0 Å². The zero-order chi connectivity index (χ0) is 20.8. The molecular weight excluding hydrogens is 372 g/mol. The van der Waals surface area contributed by atoms with Gasteiger partial charge in [-0.1, -0.05) is 67.4 Å². The highest BCUT2D eigenvalue weighted by molar-refractivity contribution is 5.81. The number of hydrogen-bond donors (Lipinski definition) is 0. The van der Waals surface area contributed by atoms with Crippen molar-refractivity contribution < 1.29 is 9.59 Å². The molecule has 2 heterocycles. The molecule has 0 aromatic heterocycles. The third kappa shape index (κ3) is 5.10. The fourth-order valence-corrected chi connectivity index (χ4v) is 4.66. The van der Waals surface area contributed by atoms with E-state index in [1.54, 1.807) is 0 Å². The Balaban J connectivity index is 1.27. The molecule has 0 radical (unpaired) electrons. The van der Waals surface area contributed by atoms with Crippen molar-refractivity contribution in [1.29, 1.82) is 0 Å². The highest BCUT2D eigenvalue weighted by atomic mass is 16.2. The van der Waals surface area contributed by atoms with Crippen LogP contribution in [0.5, 0.6) is 0 Å². The monoisotopic (exact) mass is 404 g/mol. The van der Waals surface area contributed by atoms with E-state index >= 15 is 0 Å². The molecule has 0 atom stereocenters. The molecule has 2 saturated heterocycles. The van der Waals surface area contributed by atoms with Gasteiger partial charge in [-0.2, -0.15) is 0 Å². The first-order valence-corrected chi connectivity index (χ1v) is 11.4. The van der Waals surface area contributed by atoms with Crippen molar-refractivity contribution in [3.63, 3.8) is 0 Å². The summed E-state index contributed by atoms with van der Waals surface area (Å²) >= 11 is 0. The van der Waals surface area contributed by atoms with Gasteiger partial charge in [-0.25, -0.2) is 0 Å². The van der Waals surface area contributed by atoms with Crippen molar-refractivity contribution >= 4 is 11.8 Å². The minimum atomic E-state index is 0.0947. The normalized spacial score (nSPS) is 18.1. The number of carbonyl (C=O) groups is 2. The molecule has 0 spiro atoms. The van der Waals surface area contributed by atoms with Crippen molar-refractivity contribution in [2.45, 2.75) is 44.9 Å². The van der Waals surface area contributed by atoms with Gasteiger partial charge >= 0.3 is 0 Å². The molecule has 2 amide bonds. The van der Waals surface area contributed by atoms with Gasteiger partial charge in [0.1, 0.15) is 0 Å². The summed E-state index contributed by atoms with van der Waals surface area (Å²) in [6.45, 7) is 3.23. The van der Waals surface area contributed by atoms with Crippen LogP contribution in [-0.4, -0.2) is 47.8 Å². The van der Waals surface area contributed by atoms with Crippen LogP contribution in [0.1, 0.15) is 44.1 Å². The highest BCUT2D eigenvalue weighted by Gasteiger charge is 2.30. The SMILES string of the molecule is O=C(Cc1ccc(-c2ccccc2)cc1)N1CCC(C(=O)N2CCCCCC2)CC1. The molecule has 2 aromatic rings. The van der Waals surface area contributed by atoms with E-state index in [0.29, 0.717) is 25.4 Å². The van der Waals surface area contributed by atoms with E-state index in [0.717, 1.165) is 44.3 Å². The van der Waals surface area contributed by atoms with Crippen LogP contribution in [0.25, 0.3) is 11.1 Å². The van der Waals surface area contributed by atoms with Crippen LogP contribution in [0.3, 0.4) is 0 Å². The average molecular weight is 405 g/mol. The van der Waals surface area contributed by atoms with E-state index in [2.05, 4.69) is 41.3 Å².